The van der Waals surface area contributed by atoms with Crippen LogP contribution in [-0.2, 0) is 9.84 Å². The van der Waals surface area contributed by atoms with Gasteiger partial charge in [-0.1, -0.05) is 19.1 Å². The van der Waals surface area contributed by atoms with Gasteiger partial charge in [0.15, 0.2) is 11.6 Å². The molecule has 0 heterocycles. The van der Waals surface area contributed by atoms with Crippen molar-refractivity contribution in [2.45, 2.75) is 19.4 Å². The molecule has 18 heavy (non-hydrogen) atoms. The number of nitrogens with one attached hydrogen (secondary N) is 1. The molecule has 0 aliphatic heterocycles. The first-order chi connectivity index (χ1) is 8.35. The van der Waals surface area contributed by atoms with Gasteiger partial charge in [0.2, 0.25) is 0 Å². The van der Waals surface area contributed by atoms with Crippen molar-refractivity contribution in [1.29, 1.82) is 0 Å². The molecule has 0 aliphatic rings. The summed E-state index contributed by atoms with van der Waals surface area (Å²) >= 11 is 0. The molecular formula is C12H17F2NO2S. The standard InChI is InChI=1S/C12H17F2NO2S/c1-3-7-15-11(8-18(2,16)17)9-5-4-6-10(13)12(9)14/h4-6,11,15H,3,7-8H2,1-2H3. The Labute approximate surface area is 106 Å². The Balaban J connectivity index is 3.05. The van der Waals surface area contributed by atoms with E-state index >= 15 is 0 Å². The maximum Gasteiger partial charge on any atom is 0.163 e. The van der Waals surface area contributed by atoms with Gasteiger partial charge in [-0.05, 0) is 19.0 Å². The lowest BCUT2D eigenvalue weighted by atomic mass is 10.1. The third-order valence-electron chi connectivity index (χ3n) is 2.47. The van der Waals surface area contributed by atoms with Crippen LogP contribution in [0, 0.1) is 11.6 Å². The van der Waals surface area contributed by atoms with Crippen LogP contribution in [0.3, 0.4) is 0 Å². The Kier molecular flexibility index (Phi) is 5.22. The van der Waals surface area contributed by atoms with Crippen LogP contribution in [0.4, 0.5) is 8.78 Å². The summed E-state index contributed by atoms with van der Waals surface area (Å²) in [5.41, 5.74) is 0.0499. The molecule has 1 atom stereocenters. The van der Waals surface area contributed by atoms with Crippen LogP contribution in [0.2, 0.25) is 0 Å². The summed E-state index contributed by atoms with van der Waals surface area (Å²) < 4.78 is 49.4. The van der Waals surface area contributed by atoms with E-state index in [0.717, 1.165) is 18.7 Å². The van der Waals surface area contributed by atoms with Gasteiger partial charge in [-0.25, -0.2) is 17.2 Å². The lowest BCUT2D eigenvalue weighted by Gasteiger charge is -2.18. The number of hydrogen-bond acceptors (Lipinski definition) is 3. The fraction of sp³-hybridized carbons (Fsp3) is 0.500. The van der Waals surface area contributed by atoms with Crippen molar-refractivity contribution in [3.63, 3.8) is 0 Å². The molecular weight excluding hydrogens is 260 g/mol. The Bertz CT molecular complexity index is 503. The molecule has 0 fully saturated rings. The summed E-state index contributed by atoms with van der Waals surface area (Å²) in [6.45, 7) is 2.45. The van der Waals surface area contributed by atoms with Crippen molar-refractivity contribution in [2.75, 3.05) is 18.6 Å². The van der Waals surface area contributed by atoms with Crippen molar-refractivity contribution in [3.8, 4) is 0 Å². The van der Waals surface area contributed by atoms with Crippen LogP contribution in [-0.4, -0.2) is 27.0 Å². The molecule has 1 unspecified atom stereocenters. The highest BCUT2D eigenvalue weighted by atomic mass is 32.2. The van der Waals surface area contributed by atoms with Crippen LogP contribution in [0.1, 0.15) is 24.9 Å². The predicted molar refractivity (Wildman–Crippen MR) is 67.1 cm³/mol. The highest BCUT2D eigenvalue weighted by Gasteiger charge is 2.21. The average Bonchev–Trinajstić information content (AvgIpc) is 2.27. The molecule has 1 N–H and O–H groups in total. The number of hydrogen-bond donors (Lipinski definition) is 1. The van der Waals surface area contributed by atoms with Crippen molar-refractivity contribution < 1.29 is 17.2 Å². The van der Waals surface area contributed by atoms with E-state index in [-0.39, 0.29) is 11.3 Å². The smallest absolute Gasteiger partial charge is 0.163 e. The van der Waals surface area contributed by atoms with Crippen molar-refractivity contribution in [1.82, 2.24) is 5.32 Å². The topological polar surface area (TPSA) is 46.2 Å². The molecule has 1 rings (SSSR count). The summed E-state index contributed by atoms with van der Waals surface area (Å²) in [4.78, 5) is 0. The highest BCUT2D eigenvalue weighted by molar-refractivity contribution is 7.90. The Morgan fingerprint density at radius 1 is 1.33 bits per heavy atom. The van der Waals surface area contributed by atoms with E-state index in [1.807, 2.05) is 6.92 Å². The molecule has 0 saturated heterocycles. The third-order valence-corrected chi connectivity index (χ3v) is 3.41. The van der Waals surface area contributed by atoms with E-state index in [4.69, 9.17) is 0 Å². The lowest BCUT2D eigenvalue weighted by molar-refractivity contribution is 0.471. The maximum atomic E-state index is 13.6. The SMILES string of the molecule is CCCNC(CS(C)(=O)=O)c1cccc(F)c1F. The summed E-state index contributed by atoms with van der Waals surface area (Å²) in [6.07, 6.45) is 1.85. The van der Waals surface area contributed by atoms with E-state index < -0.39 is 27.5 Å². The minimum absolute atomic E-state index is 0.0499. The Morgan fingerprint density at radius 3 is 2.56 bits per heavy atom. The lowest BCUT2D eigenvalue weighted by Crippen LogP contribution is -2.29. The van der Waals surface area contributed by atoms with Crippen LogP contribution >= 0.6 is 0 Å². The number of rotatable bonds is 6. The average molecular weight is 277 g/mol. The molecule has 0 aromatic heterocycles. The third kappa shape index (κ3) is 4.34. The Morgan fingerprint density at radius 2 is 2.00 bits per heavy atom. The van der Waals surface area contributed by atoms with E-state index in [1.165, 1.54) is 12.1 Å². The van der Waals surface area contributed by atoms with Crippen LogP contribution in [0.5, 0.6) is 0 Å². The number of sulfone groups is 1. The van der Waals surface area contributed by atoms with Gasteiger partial charge in [0, 0.05) is 17.9 Å². The monoisotopic (exact) mass is 277 g/mol. The normalized spacial score (nSPS) is 13.6. The van der Waals surface area contributed by atoms with Crippen LogP contribution in [0.15, 0.2) is 18.2 Å². The maximum absolute atomic E-state index is 13.6. The summed E-state index contributed by atoms with van der Waals surface area (Å²) in [5, 5.41) is 2.92. The second-order valence-corrected chi connectivity index (χ2v) is 6.43. The summed E-state index contributed by atoms with van der Waals surface area (Å²) in [7, 11) is -3.28. The first-order valence-corrected chi connectivity index (χ1v) is 7.76. The molecule has 0 aliphatic carbocycles. The summed E-state index contributed by atoms with van der Waals surface area (Å²) in [6, 6.07) is 3.06. The first kappa shape index (κ1) is 15.0. The molecule has 0 radical (unpaired) electrons. The molecule has 0 saturated carbocycles. The molecule has 1 aromatic rings. The second kappa shape index (κ2) is 6.24. The molecule has 0 bridgehead atoms. The fourth-order valence-electron chi connectivity index (χ4n) is 1.67. The zero-order chi connectivity index (χ0) is 13.8. The van der Waals surface area contributed by atoms with E-state index in [1.54, 1.807) is 0 Å². The zero-order valence-electron chi connectivity index (χ0n) is 10.4. The van der Waals surface area contributed by atoms with Gasteiger partial charge in [0.1, 0.15) is 9.84 Å². The predicted octanol–water partition coefficient (Wildman–Crippen LogP) is 2.05. The van der Waals surface area contributed by atoms with Gasteiger partial charge in [0.25, 0.3) is 0 Å². The van der Waals surface area contributed by atoms with Crippen LogP contribution in [0.25, 0.3) is 0 Å². The zero-order valence-corrected chi connectivity index (χ0v) is 11.2. The Hall–Kier alpha value is -1.01. The largest absolute Gasteiger partial charge is 0.309 e. The highest BCUT2D eigenvalue weighted by Crippen LogP contribution is 2.20. The molecule has 3 nitrogen and oxygen atoms in total. The van der Waals surface area contributed by atoms with Crippen molar-refractivity contribution in [2.24, 2.45) is 0 Å². The van der Waals surface area contributed by atoms with Gasteiger partial charge in [0.05, 0.1) is 5.75 Å². The van der Waals surface area contributed by atoms with E-state index in [2.05, 4.69) is 5.32 Å². The quantitative estimate of drug-likeness (QED) is 0.865. The molecule has 1 aromatic carbocycles. The van der Waals surface area contributed by atoms with E-state index in [0.29, 0.717) is 6.54 Å². The van der Waals surface area contributed by atoms with Gasteiger partial charge in [-0.15, -0.1) is 0 Å². The first-order valence-electron chi connectivity index (χ1n) is 5.70. The molecule has 0 amide bonds. The fourth-order valence-corrected chi connectivity index (χ4v) is 2.57. The second-order valence-electron chi connectivity index (χ2n) is 4.24. The van der Waals surface area contributed by atoms with Gasteiger partial charge in [-0.3, -0.25) is 0 Å². The van der Waals surface area contributed by atoms with Crippen molar-refractivity contribution >= 4 is 9.84 Å². The van der Waals surface area contributed by atoms with Gasteiger partial charge in [-0.2, -0.15) is 0 Å². The minimum Gasteiger partial charge on any atom is -0.309 e. The minimum atomic E-state index is -3.28. The summed E-state index contributed by atoms with van der Waals surface area (Å²) in [5.74, 6) is -2.22. The molecule has 6 heteroatoms. The van der Waals surface area contributed by atoms with E-state index in [9.17, 15) is 17.2 Å². The van der Waals surface area contributed by atoms with Crippen LogP contribution < -0.4 is 5.32 Å². The number of halogens is 2. The van der Waals surface area contributed by atoms with Gasteiger partial charge < -0.3 is 5.32 Å². The van der Waals surface area contributed by atoms with Gasteiger partial charge >= 0.3 is 0 Å². The molecule has 0 spiro atoms. The molecule has 102 valence electrons. The number of benzene rings is 1. The van der Waals surface area contributed by atoms with Crippen molar-refractivity contribution in [3.05, 3.63) is 35.4 Å².